The van der Waals surface area contributed by atoms with Crippen molar-refractivity contribution in [3.63, 3.8) is 0 Å². The number of fused-ring (bicyclic) bond motifs is 3. The predicted molar refractivity (Wildman–Crippen MR) is 210 cm³/mol. The molecule has 1 unspecified atom stereocenters. The molecule has 8 aromatic carbocycles. The van der Waals surface area contributed by atoms with Gasteiger partial charge >= 0.3 is 99.2 Å². The van der Waals surface area contributed by atoms with Crippen molar-refractivity contribution in [3.05, 3.63) is 246 Å². The molecule has 1 atom stereocenters. The van der Waals surface area contributed by atoms with Crippen molar-refractivity contribution in [2.75, 3.05) is 0 Å². The molecule has 0 nitrogen and oxygen atoms in total. The standard InChI is InChI=1S/C23H17.C13H9.C13H10.2ClH.Zr/c1-4-10-18(11-5-1)21-16-22(19-12-6-2-7-13-19)23(17-21)20-14-8-3-9-15-20;1-3-7-12-10(5-1)9-11-6-2-4-8-13(11)12;1-3-7-12(8-4-1)11-13-9-5-2-6-10-13;;;/h1-16,21H;1-9H;1-10H;2*1H;/q2*-1;;;;+2/p-2. The van der Waals surface area contributed by atoms with Crippen molar-refractivity contribution in [3.8, 4) is 0 Å². The van der Waals surface area contributed by atoms with Gasteiger partial charge in [0.1, 0.15) is 0 Å². The maximum atomic E-state index is 3.70. The molecule has 52 heavy (non-hydrogen) atoms. The average Bonchev–Trinajstić information content (AvgIpc) is 3.83. The maximum Gasteiger partial charge on any atom is -0.0771 e. The van der Waals surface area contributed by atoms with Gasteiger partial charge in [-0.1, -0.05) is 126 Å². The molecule has 0 aromatic heterocycles. The Hall–Kier alpha value is -4.78. The van der Waals surface area contributed by atoms with Crippen molar-refractivity contribution < 1.29 is 49.0 Å². The molecule has 8 aromatic rings. The van der Waals surface area contributed by atoms with E-state index in [4.69, 9.17) is 0 Å². The van der Waals surface area contributed by atoms with Crippen molar-refractivity contribution in [2.24, 2.45) is 0 Å². The van der Waals surface area contributed by atoms with Crippen LogP contribution in [0.3, 0.4) is 0 Å². The van der Waals surface area contributed by atoms with Gasteiger partial charge in [-0.2, -0.15) is 11.6 Å². The average molecular weight is 787 g/mol. The van der Waals surface area contributed by atoms with Gasteiger partial charge in [0.05, 0.1) is 0 Å². The summed E-state index contributed by atoms with van der Waals surface area (Å²) in [4.78, 5) is 0. The molecule has 0 fully saturated rings. The third kappa shape index (κ3) is 9.36. The largest absolute Gasteiger partial charge is 0.126 e. The second-order valence-corrected chi connectivity index (χ2v) is 13.4. The van der Waals surface area contributed by atoms with E-state index in [1.54, 1.807) is 0 Å². The first-order valence-electron chi connectivity index (χ1n) is 17.0. The van der Waals surface area contributed by atoms with Crippen LogP contribution in [-0.4, -0.2) is 3.21 Å². The second-order valence-electron chi connectivity index (χ2n) is 12.1. The van der Waals surface area contributed by atoms with Crippen LogP contribution in [-0.2, 0) is 24.2 Å². The first-order chi connectivity index (χ1) is 24.7. The molecule has 9 rings (SSSR count). The van der Waals surface area contributed by atoms with Crippen LogP contribution in [0.2, 0.25) is 0 Å². The molecule has 252 valence electrons. The maximum absolute atomic E-state index is 3.70. The van der Waals surface area contributed by atoms with Crippen LogP contribution >= 0.6 is 0 Å². The van der Waals surface area contributed by atoms with Crippen LogP contribution in [0.15, 0.2) is 212 Å². The third-order valence-electron chi connectivity index (χ3n) is 8.86. The molecule has 1 aliphatic carbocycles. The van der Waals surface area contributed by atoms with Gasteiger partial charge in [-0.25, -0.2) is 0 Å². The number of benzene rings is 7. The Morgan fingerprint density at radius 2 is 0.827 bits per heavy atom. The van der Waals surface area contributed by atoms with Gasteiger partial charge in [-0.15, -0.1) is 69.1 Å². The quantitative estimate of drug-likeness (QED) is 0.181. The first kappa shape index (κ1) is 38.5. The van der Waals surface area contributed by atoms with E-state index in [2.05, 4.69) is 218 Å². The fourth-order valence-electron chi connectivity index (χ4n) is 6.35. The molecule has 3 heteroatoms. The van der Waals surface area contributed by atoms with Crippen LogP contribution in [0.1, 0.15) is 33.7 Å². The summed E-state index contributed by atoms with van der Waals surface area (Å²) in [5, 5.41) is 5.39. The zero-order valence-electron chi connectivity index (χ0n) is 28.5. The molecule has 0 saturated heterocycles. The number of rotatable bonds is 5. The fraction of sp³-hybridized carbons (Fsp3) is 0.0204. The molecule has 1 aliphatic rings. The molecular weight excluding hydrogens is 751 g/mol. The Labute approximate surface area is 334 Å². The van der Waals surface area contributed by atoms with E-state index in [0.29, 0.717) is 0 Å². The van der Waals surface area contributed by atoms with Gasteiger partial charge in [0.2, 0.25) is 0 Å². The number of hydrogen-bond donors (Lipinski definition) is 0. The molecule has 0 bridgehead atoms. The molecule has 0 amide bonds. The SMILES string of the molecule is [C-]1=C(c2ccccc2)C(c2ccccc2)=CC1c1ccccc1.[Cl-].[Cl-].[Zr+2]=[C](c1ccccc1)c1ccccc1.c1ccc2c(c1)[cH-]c1ccccc12. The molecule has 0 saturated carbocycles. The van der Waals surface area contributed by atoms with Crippen molar-refractivity contribution in [2.45, 2.75) is 5.92 Å². The summed E-state index contributed by atoms with van der Waals surface area (Å²) in [6, 6.07) is 72.1. The smallest absolute Gasteiger partial charge is 0.0771 e. The first-order valence-corrected chi connectivity index (χ1v) is 18.2. The summed E-state index contributed by atoms with van der Waals surface area (Å²) in [7, 11) is 0. The van der Waals surface area contributed by atoms with E-state index in [0.717, 1.165) is 0 Å². The Morgan fingerprint density at radius 1 is 0.442 bits per heavy atom. The Bertz CT molecular complexity index is 2210. The number of allylic oxidation sites excluding steroid dienone is 4. The minimum Gasteiger partial charge on any atom is -0.126 e. The van der Waals surface area contributed by atoms with Crippen LogP contribution in [0, 0.1) is 6.08 Å². The summed E-state index contributed by atoms with van der Waals surface area (Å²) in [6.45, 7) is 0. The number of hydrogen-bond acceptors (Lipinski definition) is 0. The van der Waals surface area contributed by atoms with E-state index in [1.165, 1.54) is 87.9 Å². The molecule has 0 aliphatic heterocycles. The molecule has 0 radical (unpaired) electrons. The normalized spacial score (nSPS) is 12.8. The minimum absolute atomic E-state index is 0. The van der Waals surface area contributed by atoms with Gasteiger partial charge in [0.15, 0.2) is 0 Å². The summed E-state index contributed by atoms with van der Waals surface area (Å²) in [6.07, 6.45) is 6.02. The van der Waals surface area contributed by atoms with E-state index < -0.39 is 0 Å². The predicted octanol–water partition coefficient (Wildman–Crippen LogP) is 6.28. The Kier molecular flexibility index (Phi) is 14.2. The fourth-order valence-corrected chi connectivity index (χ4v) is 7.17. The third-order valence-corrected chi connectivity index (χ3v) is 10.3. The van der Waals surface area contributed by atoms with Crippen molar-refractivity contribution in [1.82, 2.24) is 0 Å². The summed E-state index contributed by atoms with van der Waals surface area (Å²) in [5.74, 6) is 0.210. The van der Waals surface area contributed by atoms with Crippen LogP contribution in [0.25, 0.3) is 32.7 Å². The van der Waals surface area contributed by atoms with Crippen LogP contribution < -0.4 is 24.8 Å². The monoisotopic (exact) mass is 784 g/mol. The zero-order valence-corrected chi connectivity index (χ0v) is 32.5. The van der Waals surface area contributed by atoms with Crippen molar-refractivity contribution >= 4 is 35.9 Å². The minimum atomic E-state index is 0. The molecular formula is C49H36Cl2Zr-2. The van der Waals surface area contributed by atoms with Gasteiger partial charge in [0, 0.05) is 0 Å². The van der Waals surface area contributed by atoms with E-state index in [1.807, 2.05) is 0 Å². The van der Waals surface area contributed by atoms with Gasteiger partial charge in [-0.05, 0) is 5.92 Å². The molecule has 0 heterocycles. The van der Waals surface area contributed by atoms with Crippen molar-refractivity contribution in [1.29, 1.82) is 0 Å². The van der Waals surface area contributed by atoms with E-state index in [9.17, 15) is 0 Å². The summed E-state index contributed by atoms with van der Waals surface area (Å²) < 4.78 is 1.42. The summed E-state index contributed by atoms with van der Waals surface area (Å²) >= 11 is 1.46. The van der Waals surface area contributed by atoms with Crippen LogP contribution in [0.5, 0.6) is 0 Å². The van der Waals surface area contributed by atoms with E-state index >= 15 is 0 Å². The zero-order chi connectivity index (χ0) is 34.0. The Morgan fingerprint density at radius 3 is 1.31 bits per heavy atom. The second kappa shape index (κ2) is 19.2. The van der Waals surface area contributed by atoms with E-state index in [-0.39, 0.29) is 30.7 Å². The van der Waals surface area contributed by atoms with Gasteiger partial charge in [-0.3, -0.25) is 0 Å². The summed E-state index contributed by atoms with van der Waals surface area (Å²) in [5.41, 5.74) is 8.88. The Balaban J connectivity index is 0.000000156. The molecule has 0 N–H and O–H groups in total. The van der Waals surface area contributed by atoms with Crippen LogP contribution in [0.4, 0.5) is 0 Å². The van der Waals surface area contributed by atoms with Gasteiger partial charge < -0.3 is 24.8 Å². The molecule has 0 spiro atoms. The topological polar surface area (TPSA) is 0 Å². The van der Waals surface area contributed by atoms with Gasteiger partial charge in [0.25, 0.3) is 0 Å². The number of halogens is 2.